The second kappa shape index (κ2) is 4.03. The summed E-state index contributed by atoms with van der Waals surface area (Å²) >= 11 is 5.93. The Labute approximate surface area is 90.7 Å². The van der Waals surface area contributed by atoms with Crippen LogP contribution in [0.2, 0.25) is 5.02 Å². The summed E-state index contributed by atoms with van der Waals surface area (Å²) in [5.41, 5.74) is 1.31. The summed E-state index contributed by atoms with van der Waals surface area (Å²) in [6, 6.07) is 7.80. The fourth-order valence-electron chi connectivity index (χ4n) is 1.38. The van der Waals surface area contributed by atoms with Crippen LogP contribution in [0.4, 0.5) is 8.78 Å². The van der Waals surface area contributed by atoms with Crippen LogP contribution in [0.1, 0.15) is 12.0 Å². The van der Waals surface area contributed by atoms with Crippen molar-refractivity contribution in [3.63, 3.8) is 0 Å². The highest BCUT2D eigenvalue weighted by Gasteiger charge is 2.11. The van der Waals surface area contributed by atoms with E-state index in [2.05, 4.69) is 4.98 Å². The van der Waals surface area contributed by atoms with Gasteiger partial charge in [-0.15, -0.1) is 0 Å². The van der Waals surface area contributed by atoms with Crippen LogP contribution >= 0.6 is 11.6 Å². The number of aromatic amines is 1. The van der Waals surface area contributed by atoms with E-state index in [-0.39, 0.29) is 5.56 Å². The lowest BCUT2D eigenvalue weighted by atomic mass is 10.1. The molecule has 1 aromatic carbocycles. The highest BCUT2D eigenvalue weighted by molar-refractivity contribution is 6.33. The van der Waals surface area contributed by atoms with Gasteiger partial charge in [-0.3, -0.25) is 0 Å². The maximum absolute atomic E-state index is 12.5. The Bertz CT molecular complexity index is 452. The van der Waals surface area contributed by atoms with Gasteiger partial charge in [0.15, 0.2) is 0 Å². The number of benzene rings is 1. The highest BCUT2D eigenvalue weighted by atomic mass is 35.5. The van der Waals surface area contributed by atoms with Crippen molar-refractivity contribution in [1.29, 1.82) is 0 Å². The van der Waals surface area contributed by atoms with Gasteiger partial charge in [0.1, 0.15) is 0 Å². The van der Waals surface area contributed by atoms with E-state index in [1.54, 1.807) is 18.3 Å². The van der Waals surface area contributed by atoms with Crippen LogP contribution < -0.4 is 0 Å². The lowest BCUT2D eigenvalue weighted by Crippen LogP contribution is -1.86. The van der Waals surface area contributed by atoms with E-state index in [1.807, 2.05) is 0 Å². The van der Waals surface area contributed by atoms with Crippen LogP contribution in [0, 0.1) is 0 Å². The number of H-pyrrole nitrogens is 1. The van der Waals surface area contributed by atoms with Crippen molar-refractivity contribution in [2.45, 2.75) is 6.43 Å². The lowest BCUT2D eigenvalue weighted by molar-refractivity contribution is 0.151. The van der Waals surface area contributed by atoms with Gasteiger partial charge in [-0.25, -0.2) is 8.78 Å². The van der Waals surface area contributed by atoms with Crippen molar-refractivity contribution in [3.05, 3.63) is 47.1 Å². The Balaban J connectivity index is 2.51. The molecule has 0 aliphatic heterocycles. The molecule has 1 heterocycles. The van der Waals surface area contributed by atoms with Crippen LogP contribution in [0.5, 0.6) is 0 Å². The van der Waals surface area contributed by atoms with Crippen LogP contribution in [0.3, 0.4) is 0 Å². The lowest BCUT2D eigenvalue weighted by Gasteiger charge is -2.05. The second-order valence-corrected chi connectivity index (χ2v) is 3.53. The number of nitrogens with one attached hydrogen (secondary N) is 1. The molecule has 0 amide bonds. The molecule has 1 N–H and O–H groups in total. The molecule has 0 aliphatic carbocycles. The Morgan fingerprint density at radius 3 is 2.60 bits per heavy atom. The molecule has 0 spiro atoms. The minimum Gasteiger partial charge on any atom is -0.361 e. The molecule has 0 bridgehead atoms. The zero-order chi connectivity index (χ0) is 10.8. The first kappa shape index (κ1) is 10.2. The van der Waals surface area contributed by atoms with E-state index in [0.717, 1.165) is 5.69 Å². The van der Waals surface area contributed by atoms with E-state index >= 15 is 0 Å². The van der Waals surface area contributed by atoms with Crippen molar-refractivity contribution >= 4 is 11.6 Å². The smallest absolute Gasteiger partial charge is 0.263 e. The third kappa shape index (κ3) is 2.02. The van der Waals surface area contributed by atoms with Crippen LogP contribution in [-0.2, 0) is 0 Å². The third-order valence-electron chi connectivity index (χ3n) is 2.13. The standard InChI is InChI=1S/C11H8ClF2N/c12-9-4-3-7(11(13)14)6-8(9)10-2-1-5-15-10/h1-6,11,15H. The molecule has 0 radical (unpaired) electrons. The molecule has 0 aliphatic rings. The number of halogens is 3. The molecular formula is C11H8ClF2N. The first-order valence-corrected chi connectivity index (χ1v) is 4.77. The maximum atomic E-state index is 12.5. The summed E-state index contributed by atoms with van der Waals surface area (Å²) < 4.78 is 24.9. The minimum atomic E-state index is -2.48. The molecule has 1 nitrogen and oxygen atoms in total. The number of alkyl halides is 2. The summed E-state index contributed by atoms with van der Waals surface area (Å²) in [7, 11) is 0. The maximum Gasteiger partial charge on any atom is 0.263 e. The molecular weight excluding hydrogens is 220 g/mol. The molecule has 0 saturated heterocycles. The quantitative estimate of drug-likeness (QED) is 0.789. The van der Waals surface area contributed by atoms with Gasteiger partial charge in [-0.1, -0.05) is 17.7 Å². The summed E-state index contributed by atoms with van der Waals surface area (Å²) in [5, 5.41) is 0.460. The van der Waals surface area contributed by atoms with Gasteiger partial charge in [0.05, 0.1) is 0 Å². The van der Waals surface area contributed by atoms with Crippen molar-refractivity contribution < 1.29 is 8.78 Å². The Kier molecular flexibility index (Phi) is 2.73. The molecule has 0 saturated carbocycles. The molecule has 0 unspecified atom stereocenters. The summed E-state index contributed by atoms with van der Waals surface area (Å²) in [4.78, 5) is 2.93. The topological polar surface area (TPSA) is 15.8 Å². The van der Waals surface area contributed by atoms with Gasteiger partial charge >= 0.3 is 0 Å². The molecule has 78 valence electrons. The van der Waals surface area contributed by atoms with Gasteiger partial charge in [0.25, 0.3) is 6.43 Å². The molecule has 2 rings (SSSR count). The number of rotatable bonds is 2. The van der Waals surface area contributed by atoms with Crippen molar-refractivity contribution in [3.8, 4) is 11.3 Å². The average molecular weight is 228 g/mol. The van der Waals surface area contributed by atoms with E-state index < -0.39 is 6.43 Å². The first-order chi connectivity index (χ1) is 7.18. The van der Waals surface area contributed by atoms with E-state index in [0.29, 0.717) is 10.6 Å². The van der Waals surface area contributed by atoms with Gasteiger partial charge in [0, 0.05) is 28.0 Å². The normalized spacial score (nSPS) is 10.9. The summed E-state index contributed by atoms with van der Waals surface area (Å²) in [6.07, 6.45) is -0.753. The molecule has 15 heavy (non-hydrogen) atoms. The highest BCUT2D eigenvalue weighted by Crippen LogP contribution is 2.30. The zero-order valence-corrected chi connectivity index (χ0v) is 8.43. The van der Waals surface area contributed by atoms with Crippen molar-refractivity contribution in [2.75, 3.05) is 0 Å². The summed E-state index contributed by atoms with van der Waals surface area (Å²) in [5.74, 6) is 0. The van der Waals surface area contributed by atoms with Gasteiger partial charge in [-0.05, 0) is 24.3 Å². The Morgan fingerprint density at radius 1 is 1.20 bits per heavy atom. The fraction of sp³-hybridized carbons (Fsp3) is 0.0909. The number of hydrogen-bond donors (Lipinski definition) is 1. The van der Waals surface area contributed by atoms with Crippen molar-refractivity contribution in [2.24, 2.45) is 0 Å². The monoisotopic (exact) mass is 227 g/mol. The SMILES string of the molecule is FC(F)c1ccc(Cl)c(-c2ccc[nH]2)c1. The molecule has 1 aromatic heterocycles. The average Bonchev–Trinajstić information content (AvgIpc) is 2.71. The second-order valence-electron chi connectivity index (χ2n) is 3.12. The third-order valence-corrected chi connectivity index (χ3v) is 2.46. The largest absolute Gasteiger partial charge is 0.361 e. The summed E-state index contributed by atoms with van der Waals surface area (Å²) in [6.45, 7) is 0. The number of aromatic nitrogens is 1. The van der Waals surface area contributed by atoms with E-state index in [9.17, 15) is 8.78 Å². The molecule has 4 heteroatoms. The van der Waals surface area contributed by atoms with E-state index in [4.69, 9.17) is 11.6 Å². The zero-order valence-electron chi connectivity index (χ0n) is 7.68. The first-order valence-electron chi connectivity index (χ1n) is 4.40. The van der Waals surface area contributed by atoms with Gasteiger partial charge in [-0.2, -0.15) is 0 Å². The van der Waals surface area contributed by atoms with Crippen LogP contribution in [-0.4, -0.2) is 4.98 Å². The number of hydrogen-bond acceptors (Lipinski definition) is 0. The predicted molar refractivity (Wildman–Crippen MR) is 56.2 cm³/mol. The van der Waals surface area contributed by atoms with Gasteiger partial charge < -0.3 is 4.98 Å². The van der Waals surface area contributed by atoms with Gasteiger partial charge in [0.2, 0.25) is 0 Å². The van der Waals surface area contributed by atoms with Crippen molar-refractivity contribution in [1.82, 2.24) is 4.98 Å². The van der Waals surface area contributed by atoms with E-state index in [1.165, 1.54) is 18.2 Å². The minimum absolute atomic E-state index is 0.0241. The fourth-order valence-corrected chi connectivity index (χ4v) is 1.60. The molecule has 2 aromatic rings. The van der Waals surface area contributed by atoms with Crippen LogP contribution in [0.15, 0.2) is 36.5 Å². The Hall–Kier alpha value is -1.35. The predicted octanol–water partition coefficient (Wildman–Crippen LogP) is 4.27. The molecule has 0 atom stereocenters. The molecule has 0 fully saturated rings. The van der Waals surface area contributed by atoms with Crippen LogP contribution in [0.25, 0.3) is 11.3 Å². The Morgan fingerprint density at radius 2 is 2.00 bits per heavy atom.